The molecule has 0 amide bonds. The Labute approximate surface area is 111 Å². The number of aliphatic hydroxyl groups excluding tert-OH is 1. The molecule has 18 heavy (non-hydrogen) atoms. The molecule has 0 saturated carbocycles. The maximum absolute atomic E-state index is 9.91. The van der Waals surface area contributed by atoms with Gasteiger partial charge in [0.2, 0.25) is 0 Å². The number of aliphatic hydroxyl groups is 1. The first-order valence-corrected chi connectivity index (χ1v) is 6.15. The van der Waals surface area contributed by atoms with Crippen LogP contribution < -0.4 is 4.90 Å². The largest absolute Gasteiger partial charge is 0.508 e. The van der Waals surface area contributed by atoms with Crippen LogP contribution in [0, 0.1) is 0 Å². The third-order valence-corrected chi connectivity index (χ3v) is 3.30. The van der Waals surface area contributed by atoms with Gasteiger partial charge in [-0.15, -0.1) is 0 Å². The molecular formula is C15H12ClNO. The number of halogens is 1. The van der Waals surface area contributed by atoms with Gasteiger partial charge in [-0.3, -0.25) is 0 Å². The standard InChI is InChI=1S/C15H12ClNO/c16-11-6-7-13-14(10-11)17(9-8-15(13)18)12-4-2-1-3-5-12/h1-8,10,18H,9H2. The molecule has 0 aliphatic carbocycles. The third-order valence-electron chi connectivity index (χ3n) is 3.06. The Morgan fingerprint density at radius 3 is 2.61 bits per heavy atom. The van der Waals surface area contributed by atoms with Gasteiger partial charge >= 0.3 is 0 Å². The molecule has 0 aromatic heterocycles. The van der Waals surface area contributed by atoms with Gasteiger partial charge < -0.3 is 10.0 Å². The van der Waals surface area contributed by atoms with E-state index in [1.807, 2.05) is 48.5 Å². The van der Waals surface area contributed by atoms with Crippen LogP contribution in [0.25, 0.3) is 5.76 Å². The Morgan fingerprint density at radius 2 is 1.83 bits per heavy atom. The van der Waals surface area contributed by atoms with Crippen molar-refractivity contribution >= 4 is 28.7 Å². The van der Waals surface area contributed by atoms with E-state index in [1.54, 1.807) is 6.07 Å². The van der Waals surface area contributed by atoms with E-state index >= 15 is 0 Å². The number of fused-ring (bicyclic) bond motifs is 1. The average Bonchev–Trinajstić information content (AvgIpc) is 2.40. The van der Waals surface area contributed by atoms with Crippen LogP contribution >= 0.6 is 11.6 Å². The highest BCUT2D eigenvalue weighted by Gasteiger charge is 2.19. The fourth-order valence-electron chi connectivity index (χ4n) is 2.18. The smallest absolute Gasteiger partial charge is 0.122 e. The first kappa shape index (κ1) is 11.2. The van der Waals surface area contributed by atoms with E-state index in [0.29, 0.717) is 17.3 Å². The molecule has 2 aromatic rings. The van der Waals surface area contributed by atoms with Gasteiger partial charge in [-0.25, -0.2) is 0 Å². The van der Waals surface area contributed by atoms with E-state index in [2.05, 4.69) is 4.90 Å². The summed E-state index contributed by atoms with van der Waals surface area (Å²) in [5.74, 6) is 0.314. The minimum absolute atomic E-state index is 0.314. The molecule has 2 nitrogen and oxygen atoms in total. The lowest BCUT2D eigenvalue weighted by molar-refractivity contribution is 0.508. The zero-order chi connectivity index (χ0) is 12.5. The average molecular weight is 258 g/mol. The first-order valence-electron chi connectivity index (χ1n) is 5.77. The summed E-state index contributed by atoms with van der Waals surface area (Å²) in [4.78, 5) is 2.13. The van der Waals surface area contributed by atoms with Crippen LogP contribution in [0.1, 0.15) is 5.56 Å². The van der Waals surface area contributed by atoms with Gasteiger partial charge in [0.25, 0.3) is 0 Å². The van der Waals surface area contributed by atoms with Crippen LogP contribution in [0.3, 0.4) is 0 Å². The van der Waals surface area contributed by atoms with Crippen LogP contribution in [0.15, 0.2) is 54.6 Å². The van der Waals surface area contributed by atoms with Gasteiger partial charge in [-0.1, -0.05) is 29.8 Å². The van der Waals surface area contributed by atoms with Crippen molar-refractivity contribution in [2.75, 3.05) is 11.4 Å². The second kappa shape index (κ2) is 4.39. The summed E-state index contributed by atoms with van der Waals surface area (Å²) in [7, 11) is 0. The Hall–Kier alpha value is -1.93. The molecule has 1 N–H and O–H groups in total. The summed E-state index contributed by atoms with van der Waals surface area (Å²) in [6.07, 6.45) is 1.81. The van der Waals surface area contributed by atoms with Crippen molar-refractivity contribution in [2.45, 2.75) is 0 Å². The topological polar surface area (TPSA) is 23.5 Å². The highest BCUT2D eigenvalue weighted by Crippen LogP contribution is 2.36. The predicted molar refractivity (Wildman–Crippen MR) is 75.5 cm³/mol. The van der Waals surface area contributed by atoms with Gasteiger partial charge in [0.15, 0.2) is 0 Å². The van der Waals surface area contributed by atoms with E-state index in [-0.39, 0.29) is 0 Å². The molecule has 1 heterocycles. The Morgan fingerprint density at radius 1 is 1.06 bits per heavy atom. The zero-order valence-corrected chi connectivity index (χ0v) is 10.4. The molecule has 90 valence electrons. The monoisotopic (exact) mass is 257 g/mol. The molecule has 1 aliphatic heterocycles. The number of rotatable bonds is 1. The first-order chi connectivity index (χ1) is 8.75. The lowest BCUT2D eigenvalue weighted by atomic mass is 10.1. The molecule has 3 rings (SSSR count). The summed E-state index contributed by atoms with van der Waals surface area (Å²) >= 11 is 6.05. The molecule has 0 atom stereocenters. The summed E-state index contributed by atoms with van der Waals surface area (Å²) in [6, 6.07) is 15.6. The van der Waals surface area contributed by atoms with Crippen LogP contribution in [-0.4, -0.2) is 11.7 Å². The molecular weight excluding hydrogens is 246 g/mol. The van der Waals surface area contributed by atoms with Crippen LogP contribution in [0.4, 0.5) is 11.4 Å². The maximum Gasteiger partial charge on any atom is 0.122 e. The van der Waals surface area contributed by atoms with Crippen molar-refractivity contribution in [3.8, 4) is 0 Å². The lowest BCUT2D eigenvalue weighted by Crippen LogP contribution is -2.21. The third kappa shape index (κ3) is 1.85. The molecule has 0 spiro atoms. The number of hydrogen-bond donors (Lipinski definition) is 1. The van der Waals surface area contributed by atoms with E-state index in [1.165, 1.54) is 0 Å². The molecule has 0 fully saturated rings. The fraction of sp³-hybridized carbons (Fsp3) is 0.0667. The number of benzene rings is 2. The Kier molecular flexibility index (Phi) is 2.73. The Bertz CT molecular complexity index is 607. The molecule has 1 aliphatic rings. The minimum atomic E-state index is 0.314. The number of hydrogen-bond acceptors (Lipinski definition) is 2. The van der Waals surface area contributed by atoms with Gasteiger partial charge in [0.1, 0.15) is 5.76 Å². The quantitative estimate of drug-likeness (QED) is 0.819. The summed E-state index contributed by atoms with van der Waals surface area (Å²) < 4.78 is 0. The van der Waals surface area contributed by atoms with E-state index in [4.69, 9.17) is 11.6 Å². The maximum atomic E-state index is 9.91. The second-order valence-electron chi connectivity index (χ2n) is 4.20. The summed E-state index contributed by atoms with van der Waals surface area (Å²) in [6.45, 7) is 0.642. The van der Waals surface area contributed by atoms with Crippen molar-refractivity contribution < 1.29 is 5.11 Å². The molecule has 0 radical (unpaired) electrons. The number of para-hydroxylation sites is 1. The normalized spacial score (nSPS) is 14.1. The van der Waals surface area contributed by atoms with Gasteiger partial charge in [0, 0.05) is 22.8 Å². The number of anilines is 2. The second-order valence-corrected chi connectivity index (χ2v) is 4.63. The van der Waals surface area contributed by atoms with Crippen molar-refractivity contribution in [2.24, 2.45) is 0 Å². The van der Waals surface area contributed by atoms with Gasteiger partial charge in [0.05, 0.1) is 5.69 Å². The predicted octanol–water partition coefficient (Wildman–Crippen LogP) is 4.39. The lowest BCUT2D eigenvalue weighted by Gasteiger charge is -2.29. The molecule has 2 aromatic carbocycles. The molecule has 0 unspecified atom stereocenters. The van der Waals surface area contributed by atoms with Crippen molar-refractivity contribution in [3.05, 3.63) is 65.2 Å². The van der Waals surface area contributed by atoms with Crippen LogP contribution in [-0.2, 0) is 0 Å². The number of nitrogens with zero attached hydrogens (tertiary/aromatic N) is 1. The summed E-state index contributed by atoms with van der Waals surface area (Å²) in [5, 5.41) is 10.6. The van der Waals surface area contributed by atoms with Gasteiger partial charge in [-0.05, 0) is 36.4 Å². The summed E-state index contributed by atoms with van der Waals surface area (Å²) in [5.41, 5.74) is 2.84. The Balaban J connectivity index is 2.14. The van der Waals surface area contributed by atoms with Crippen molar-refractivity contribution in [3.63, 3.8) is 0 Å². The highest BCUT2D eigenvalue weighted by molar-refractivity contribution is 6.31. The molecule has 0 saturated heterocycles. The van der Waals surface area contributed by atoms with E-state index < -0.39 is 0 Å². The highest BCUT2D eigenvalue weighted by atomic mass is 35.5. The fourth-order valence-corrected chi connectivity index (χ4v) is 2.35. The zero-order valence-electron chi connectivity index (χ0n) is 9.68. The van der Waals surface area contributed by atoms with E-state index in [9.17, 15) is 5.11 Å². The SMILES string of the molecule is OC1=CCN(c2ccccc2)c2cc(Cl)ccc21. The van der Waals surface area contributed by atoms with Crippen molar-refractivity contribution in [1.29, 1.82) is 0 Å². The van der Waals surface area contributed by atoms with Crippen LogP contribution in [0.5, 0.6) is 0 Å². The van der Waals surface area contributed by atoms with Crippen molar-refractivity contribution in [1.82, 2.24) is 0 Å². The van der Waals surface area contributed by atoms with E-state index in [0.717, 1.165) is 16.9 Å². The molecule has 3 heteroatoms. The van der Waals surface area contributed by atoms with Gasteiger partial charge in [-0.2, -0.15) is 0 Å². The van der Waals surface area contributed by atoms with Crippen LogP contribution in [0.2, 0.25) is 5.02 Å². The molecule has 0 bridgehead atoms. The minimum Gasteiger partial charge on any atom is -0.508 e.